The molecule has 0 unspecified atom stereocenters. The molecule has 1 aromatic heterocycles. The van der Waals surface area contributed by atoms with Crippen LogP contribution in [0.2, 0.25) is 0 Å². The largest absolute Gasteiger partial charge is 0.341 e. The van der Waals surface area contributed by atoms with Crippen LogP contribution in [0.15, 0.2) is 0 Å². The first-order chi connectivity index (χ1) is 14.3. The number of sulfonamides is 1. The fourth-order valence-corrected chi connectivity index (χ4v) is 6.40. The van der Waals surface area contributed by atoms with E-state index < -0.39 is 15.3 Å². The summed E-state index contributed by atoms with van der Waals surface area (Å²) in [5.41, 5.74) is 2.93. The topological polar surface area (TPSA) is 108 Å². The van der Waals surface area contributed by atoms with Crippen LogP contribution in [-0.4, -0.2) is 53.4 Å². The number of hydrogen-bond donors (Lipinski definition) is 1. The lowest BCUT2D eigenvalue weighted by Crippen LogP contribution is -2.50. The van der Waals surface area contributed by atoms with Crippen molar-refractivity contribution in [1.82, 2.24) is 19.4 Å². The zero-order valence-corrected chi connectivity index (χ0v) is 18.9. The maximum Gasteiger partial charge on any atom is 0.222 e. The van der Waals surface area contributed by atoms with Gasteiger partial charge in [0.25, 0.3) is 0 Å². The normalized spacial score (nSPS) is 20.4. The fourth-order valence-electron chi connectivity index (χ4n) is 4.65. The Balaban J connectivity index is 1.57. The molecule has 9 heteroatoms. The van der Waals surface area contributed by atoms with Crippen LogP contribution in [0.25, 0.3) is 0 Å². The summed E-state index contributed by atoms with van der Waals surface area (Å²) in [6.07, 6.45) is 6.62. The molecule has 8 nitrogen and oxygen atoms in total. The average molecular weight is 436 g/mol. The highest BCUT2D eigenvalue weighted by atomic mass is 32.2. The minimum absolute atomic E-state index is 0.000610. The summed E-state index contributed by atoms with van der Waals surface area (Å²) in [6, 6.07) is 2.19. The number of nitrogens with zero attached hydrogens (tertiary/aromatic N) is 4. The molecular weight excluding hydrogens is 402 g/mol. The first kappa shape index (κ1) is 22.8. The summed E-state index contributed by atoms with van der Waals surface area (Å²) in [4.78, 5) is 14.5. The minimum atomic E-state index is -3.40. The molecule has 1 N–H and O–H groups in total. The van der Waals surface area contributed by atoms with Crippen LogP contribution in [0.3, 0.4) is 0 Å². The number of carbonyl (C=O) groups excluding carboxylic acids is 1. The second-order valence-corrected chi connectivity index (χ2v) is 10.5. The highest BCUT2D eigenvalue weighted by molar-refractivity contribution is 7.90. The van der Waals surface area contributed by atoms with Crippen molar-refractivity contribution in [3.63, 3.8) is 0 Å². The monoisotopic (exact) mass is 435 g/mol. The third-order valence-electron chi connectivity index (χ3n) is 6.41. The van der Waals surface area contributed by atoms with Gasteiger partial charge >= 0.3 is 0 Å². The van der Waals surface area contributed by atoms with Crippen LogP contribution in [-0.2, 0) is 27.8 Å². The quantitative estimate of drug-likeness (QED) is 0.673. The molecule has 0 bridgehead atoms. The van der Waals surface area contributed by atoms with Crippen molar-refractivity contribution >= 4 is 15.9 Å². The Morgan fingerprint density at radius 2 is 1.97 bits per heavy atom. The molecule has 3 rings (SSSR count). The number of piperidine rings is 1. The van der Waals surface area contributed by atoms with Gasteiger partial charge in [0, 0.05) is 31.2 Å². The summed E-state index contributed by atoms with van der Waals surface area (Å²) in [7, 11) is -3.40. The Morgan fingerprint density at radius 1 is 1.23 bits per heavy atom. The number of hydrogen-bond acceptors (Lipinski definition) is 5. The second-order valence-electron chi connectivity index (χ2n) is 8.53. The van der Waals surface area contributed by atoms with Gasteiger partial charge in [-0.25, -0.2) is 13.1 Å². The molecule has 2 fully saturated rings. The van der Waals surface area contributed by atoms with Crippen LogP contribution >= 0.6 is 0 Å². The molecule has 1 atom stereocenters. The zero-order chi connectivity index (χ0) is 21.7. The lowest BCUT2D eigenvalue weighted by molar-refractivity contribution is -0.131. The standard InChI is InChI=1S/C21H33N5O3S/c1-16-20(17(2)26(23-16)14-6-12-22)10-11-21(27)25-13-5-9-19(15-25)30(28,29)24-18-7-3-4-8-18/h18-19,24H,3-11,13-15H2,1-2H3/t19-/m0/s1. The van der Waals surface area contributed by atoms with Gasteiger partial charge in [0.2, 0.25) is 15.9 Å². The Labute approximate surface area is 179 Å². The van der Waals surface area contributed by atoms with E-state index in [0.717, 1.165) is 42.6 Å². The van der Waals surface area contributed by atoms with Gasteiger partial charge in [-0.05, 0) is 51.5 Å². The molecular formula is C21H33N5O3S. The van der Waals surface area contributed by atoms with Gasteiger partial charge in [0.1, 0.15) is 0 Å². The Bertz CT molecular complexity index is 896. The van der Waals surface area contributed by atoms with E-state index in [1.165, 1.54) is 0 Å². The van der Waals surface area contributed by atoms with Crippen molar-refractivity contribution in [2.45, 2.75) is 89.5 Å². The van der Waals surface area contributed by atoms with E-state index in [4.69, 9.17) is 5.26 Å². The van der Waals surface area contributed by atoms with Crippen molar-refractivity contribution in [2.24, 2.45) is 0 Å². The third kappa shape index (κ3) is 5.41. The Kier molecular flexibility index (Phi) is 7.53. The Hall–Kier alpha value is -1.92. The number of nitriles is 1. The smallest absolute Gasteiger partial charge is 0.222 e. The van der Waals surface area contributed by atoms with E-state index in [-0.39, 0.29) is 18.5 Å². The lowest BCUT2D eigenvalue weighted by Gasteiger charge is -2.33. The van der Waals surface area contributed by atoms with Gasteiger partial charge in [-0.3, -0.25) is 9.48 Å². The number of aromatic nitrogens is 2. The van der Waals surface area contributed by atoms with Crippen molar-refractivity contribution in [2.75, 3.05) is 13.1 Å². The van der Waals surface area contributed by atoms with Crippen molar-refractivity contribution in [3.05, 3.63) is 17.0 Å². The van der Waals surface area contributed by atoms with Gasteiger partial charge in [0.15, 0.2) is 0 Å². The summed E-state index contributed by atoms with van der Waals surface area (Å²) in [5, 5.41) is 12.7. The van der Waals surface area contributed by atoms with E-state index in [1.807, 2.05) is 18.5 Å². The van der Waals surface area contributed by atoms with Gasteiger partial charge in [-0.2, -0.15) is 10.4 Å². The van der Waals surface area contributed by atoms with Gasteiger partial charge in [-0.15, -0.1) is 0 Å². The van der Waals surface area contributed by atoms with E-state index >= 15 is 0 Å². The first-order valence-electron chi connectivity index (χ1n) is 11.0. The number of amides is 1. The maximum absolute atomic E-state index is 12.8. The van der Waals surface area contributed by atoms with Crippen LogP contribution in [0, 0.1) is 25.2 Å². The van der Waals surface area contributed by atoms with Crippen molar-refractivity contribution in [1.29, 1.82) is 5.26 Å². The molecule has 166 valence electrons. The van der Waals surface area contributed by atoms with Crippen LogP contribution < -0.4 is 4.72 Å². The number of carbonyl (C=O) groups is 1. The predicted octanol–water partition coefficient (Wildman–Crippen LogP) is 2.20. The first-order valence-corrected chi connectivity index (χ1v) is 12.5. The van der Waals surface area contributed by atoms with Crippen molar-refractivity contribution in [3.8, 4) is 6.07 Å². The van der Waals surface area contributed by atoms with Crippen LogP contribution in [0.1, 0.15) is 68.3 Å². The molecule has 1 aliphatic carbocycles. The molecule has 30 heavy (non-hydrogen) atoms. The number of aryl methyl sites for hydroxylation is 2. The number of likely N-dealkylation sites (tertiary alicyclic amines) is 1. The highest BCUT2D eigenvalue weighted by Crippen LogP contribution is 2.23. The molecule has 1 saturated heterocycles. The molecule has 1 aromatic rings. The van der Waals surface area contributed by atoms with Crippen LogP contribution in [0.5, 0.6) is 0 Å². The molecule has 0 radical (unpaired) electrons. The van der Waals surface area contributed by atoms with E-state index in [9.17, 15) is 13.2 Å². The number of rotatable bonds is 8. The Morgan fingerprint density at radius 3 is 2.67 bits per heavy atom. The number of nitrogens with one attached hydrogen (secondary N) is 1. The fraction of sp³-hybridized carbons (Fsp3) is 0.762. The zero-order valence-electron chi connectivity index (χ0n) is 18.1. The molecule has 1 aliphatic heterocycles. The van der Waals surface area contributed by atoms with Gasteiger partial charge < -0.3 is 4.90 Å². The molecule has 0 spiro atoms. The maximum atomic E-state index is 12.8. The van der Waals surface area contributed by atoms with Crippen molar-refractivity contribution < 1.29 is 13.2 Å². The average Bonchev–Trinajstić information content (AvgIpc) is 3.32. The van der Waals surface area contributed by atoms with E-state index in [1.54, 1.807) is 4.90 Å². The molecule has 2 aliphatic rings. The minimum Gasteiger partial charge on any atom is -0.341 e. The predicted molar refractivity (Wildman–Crippen MR) is 114 cm³/mol. The lowest BCUT2D eigenvalue weighted by atomic mass is 10.1. The van der Waals surface area contributed by atoms with Gasteiger partial charge in [0.05, 0.1) is 30.0 Å². The molecule has 2 heterocycles. The second kappa shape index (κ2) is 9.92. The highest BCUT2D eigenvalue weighted by Gasteiger charge is 2.34. The van der Waals surface area contributed by atoms with Crippen LogP contribution in [0.4, 0.5) is 0 Å². The molecule has 1 saturated carbocycles. The SMILES string of the molecule is Cc1nn(CCC#N)c(C)c1CCC(=O)N1CCC[C@H](S(=O)(=O)NC2CCCC2)C1. The van der Waals surface area contributed by atoms with E-state index in [0.29, 0.717) is 45.2 Å². The summed E-state index contributed by atoms with van der Waals surface area (Å²) in [6.45, 7) is 5.34. The molecule has 1 amide bonds. The van der Waals surface area contributed by atoms with Gasteiger partial charge in [-0.1, -0.05) is 12.8 Å². The van der Waals surface area contributed by atoms with E-state index in [2.05, 4.69) is 15.9 Å². The summed E-state index contributed by atoms with van der Waals surface area (Å²) in [5.74, 6) is -0.000610. The summed E-state index contributed by atoms with van der Waals surface area (Å²) < 4.78 is 30.3. The third-order valence-corrected chi connectivity index (χ3v) is 8.34. The summed E-state index contributed by atoms with van der Waals surface area (Å²) >= 11 is 0. The molecule has 0 aromatic carbocycles.